The van der Waals surface area contributed by atoms with E-state index in [9.17, 15) is 9.59 Å². The summed E-state index contributed by atoms with van der Waals surface area (Å²) in [4.78, 5) is 28.6. The first kappa shape index (κ1) is 27.9. The fourth-order valence-corrected chi connectivity index (χ4v) is 4.18. The fraction of sp³-hybridized carbons (Fsp3) is 0.387. The standard InChI is InChI=1S/C31H38N2O4/c1-36-31(35)21-18-27(33-30(34)15-8-3-2-5-11-25-12-6-4-7-13-25)23-26-16-19-29(20-17-26)37-24-28-14-9-10-22-32-28/h4,6-7,9-10,12-14,16-17,19-20,22,27H,2-3,5,8,11,15,18,21,23-24H2,1H3,(H,33,34). The Morgan fingerprint density at radius 1 is 0.838 bits per heavy atom. The Kier molecular flexibility index (Phi) is 12.2. The summed E-state index contributed by atoms with van der Waals surface area (Å²) in [6.45, 7) is 0.407. The third-order valence-electron chi connectivity index (χ3n) is 6.27. The second-order valence-electron chi connectivity index (χ2n) is 9.24. The molecule has 1 heterocycles. The molecule has 1 unspecified atom stereocenters. The lowest BCUT2D eigenvalue weighted by Gasteiger charge is -2.19. The molecule has 0 fully saturated rings. The van der Waals surface area contributed by atoms with E-state index in [1.807, 2.05) is 48.5 Å². The van der Waals surface area contributed by atoms with E-state index in [1.54, 1.807) is 6.20 Å². The summed E-state index contributed by atoms with van der Waals surface area (Å²) in [6.07, 6.45) is 8.92. The van der Waals surface area contributed by atoms with Crippen molar-refractivity contribution >= 4 is 11.9 Å². The molecule has 0 aliphatic heterocycles. The number of carbonyl (C=O) groups excluding carboxylic acids is 2. The quantitative estimate of drug-likeness (QED) is 0.197. The Bertz CT molecular complexity index is 1060. The van der Waals surface area contributed by atoms with Gasteiger partial charge in [0.05, 0.1) is 12.8 Å². The molecular formula is C31H38N2O4. The normalized spacial score (nSPS) is 11.5. The Morgan fingerprint density at radius 3 is 2.32 bits per heavy atom. The Morgan fingerprint density at radius 2 is 1.59 bits per heavy atom. The van der Waals surface area contributed by atoms with Crippen molar-refractivity contribution in [3.63, 3.8) is 0 Å². The number of hydrogen-bond donors (Lipinski definition) is 1. The number of benzene rings is 2. The number of hydrogen-bond acceptors (Lipinski definition) is 5. The summed E-state index contributed by atoms with van der Waals surface area (Å²) in [5.41, 5.74) is 3.30. The highest BCUT2D eigenvalue weighted by molar-refractivity contribution is 5.76. The van der Waals surface area contributed by atoms with E-state index in [-0.39, 0.29) is 24.3 Å². The number of rotatable bonds is 16. The average Bonchev–Trinajstić information content (AvgIpc) is 2.94. The van der Waals surface area contributed by atoms with Gasteiger partial charge in [-0.25, -0.2) is 0 Å². The van der Waals surface area contributed by atoms with Crippen LogP contribution < -0.4 is 10.1 Å². The average molecular weight is 503 g/mol. The molecule has 3 aromatic rings. The lowest BCUT2D eigenvalue weighted by atomic mass is 10.0. The van der Waals surface area contributed by atoms with Crippen LogP contribution in [0.1, 0.15) is 61.8 Å². The first-order valence-corrected chi connectivity index (χ1v) is 13.1. The number of nitrogens with zero attached hydrogens (tertiary/aromatic N) is 1. The van der Waals surface area contributed by atoms with Crippen molar-refractivity contribution in [2.24, 2.45) is 0 Å². The minimum atomic E-state index is -0.268. The molecular weight excluding hydrogens is 464 g/mol. The van der Waals surface area contributed by atoms with Gasteiger partial charge in [0.15, 0.2) is 0 Å². The van der Waals surface area contributed by atoms with Crippen molar-refractivity contribution in [1.29, 1.82) is 0 Å². The SMILES string of the molecule is COC(=O)CCC(Cc1ccc(OCc2ccccn2)cc1)NC(=O)CCCCCCc1ccccc1. The van der Waals surface area contributed by atoms with Gasteiger partial charge in [-0.05, 0) is 67.5 Å². The first-order valence-electron chi connectivity index (χ1n) is 13.1. The van der Waals surface area contributed by atoms with Gasteiger partial charge >= 0.3 is 5.97 Å². The minimum Gasteiger partial charge on any atom is -0.487 e. The summed E-state index contributed by atoms with van der Waals surface area (Å²) in [7, 11) is 1.39. The van der Waals surface area contributed by atoms with Gasteiger partial charge in [-0.3, -0.25) is 14.6 Å². The molecule has 0 spiro atoms. The first-order chi connectivity index (χ1) is 18.1. The molecule has 0 saturated heterocycles. The van der Waals surface area contributed by atoms with E-state index < -0.39 is 0 Å². The molecule has 0 aliphatic carbocycles. The van der Waals surface area contributed by atoms with Crippen LogP contribution in [0.4, 0.5) is 0 Å². The summed E-state index contributed by atoms with van der Waals surface area (Å²) < 4.78 is 10.6. The molecule has 1 amide bonds. The molecule has 2 aromatic carbocycles. The maximum Gasteiger partial charge on any atom is 0.305 e. The highest BCUT2D eigenvalue weighted by Gasteiger charge is 2.15. The van der Waals surface area contributed by atoms with Crippen LogP contribution in [0.3, 0.4) is 0 Å². The van der Waals surface area contributed by atoms with Gasteiger partial charge in [-0.2, -0.15) is 0 Å². The summed E-state index contributed by atoms with van der Waals surface area (Å²) in [5, 5.41) is 3.14. The topological polar surface area (TPSA) is 77.5 Å². The predicted molar refractivity (Wildman–Crippen MR) is 145 cm³/mol. The van der Waals surface area contributed by atoms with Crippen LogP contribution >= 0.6 is 0 Å². The molecule has 37 heavy (non-hydrogen) atoms. The third-order valence-corrected chi connectivity index (χ3v) is 6.27. The van der Waals surface area contributed by atoms with Crippen molar-refractivity contribution in [3.05, 3.63) is 95.8 Å². The number of nitrogens with one attached hydrogen (secondary N) is 1. The van der Waals surface area contributed by atoms with E-state index in [1.165, 1.54) is 12.7 Å². The molecule has 1 N–H and O–H groups in total. The molecule has 196 valence electrons. The van der Waals surface area contributed by atoms with Gasteiger partial charge in [-0.15, -0.1) is 0 Å². The Balaban J connectivity index is 1.41. The van der Waals surface area contributed by atoms with Crippen molar-refractivity contribution in [2.75, 3.05) is 7.11 Å². The minimum absolute atomic E-state index is 0.0354. The molecule has 6 nitrogen and oxygen atoms in total. The van der Waals surface area contributed by atoms with Crippen LogP contribution in [-0.2, 0) is 33.8 Å². The number of methoxy groups -OCH3 is 1. The number of ether oxygens (including phenoxy) is 2. The van der Waals surface area contributed by atoms with Crippen molar-refractivity contribution < 1.29 is 19.1 Å². The molecule has 1 aromatic heterocycles. The highest BCUT2D eigenvalue weighted by atomic mass is 16.5. The van der Waals surface area contributed by atoms with Crippen LogP contribution in [0.2, 0.25) is 0 Å². The van der Waals surface area contributed by atoms with Gasteiger partial charge in [0, 0.05) is 25.1 Å². The highest BCUT2D eigenvalue weighted by Crippen LogP contribution is 2.17. The van der Waals surface area contributed by atoms with Crippen LogP contribution in [0.15, 0.2) is 79.0 Å². The van der Waals surface area contributed by atoms with E-state index in [2.05, 4.69) is 34.6 Å². The van der Waals surface area contributed by atoms with Gasteiger partial charge in [0.25, 0.3) is 0 Å². The molecule has 0 saturated carbocycles. The molecule has 0 bridgehead atoms. The number of amides is 1. The van der Waals surface area contributed by atoms with Gasteiger partial charge in [-0.1, -0.05) is 61.4 Å². The molecule has 1 atom stereocenters. The second kappa shape index (κ2) is 16.1. The van der Waals surface area contributed by atoms with E-state index in [0.29, 0.717) is 25.9 Å². The number of pyridine rings is 1. The van der Waals surface area contributed by atoms with Crippen LogP contribution in [0.5, 0.6) is 5.75 Å². The Hall–Kier alpha value is -3.67. The summed E-state index contributed by atoms with van der Waals surface area (Å²) >= 11 is 0. The lowest BCUT2D eigenvalue weighted by Crippen LogP contribution is -2.36. The van der Waals surface area contributed by atoms with Crippen molar-refractivity contribution in [2.45, 2.75) is 70.4 Å². The molecule has 0 radical (unpaired) electrons. The van der Waals surface area contributed by atoms with Gasteiger partial charge in [0.1, 0.15) is 12.4 Å². The van der Waals surface area contributed by atoms with Crippen LogP contribution in [0, 0.1) is 0 Å². The van der Waals surface area contributed by atoms with Crippen LogP contribution in [0.25, 0.3) is 0 Å². The number of aryl methyl sites for hydroxylation is 1. The zero-order chi connectivity index (χ0) is 26.1. The summed E-state index contributed by atoms with van der Waals surface area (Å²) in [5.74, 6) is 0.529. The number of aromatic nitrogens is 1. The van der Waals surface area contributed by atoms with E-state index >= 15 is 0 Å². The molecule has 3 rings (SSSR count). The largest absolute Gasteiger partial charge is 0.487 e. The maximum atomic E-state index is 12.6. The predicted octanol–water partition coefficient (Wildman–Crippen LogP) is 5.83. The van der Waals surface area contributed by atoms with Gasteiger partial charge in [0.2, 0.25) is 5.91 Å². The fourth-order valence-electron chi connectivity index (χ4n) is 4.18. The van der Waals surface area contributed by atoms with E-state index in [4.69, 9.17) is 9.47 Å². The zero-order valence-electron chi connectivity index (χ0n) is 21.7. The summed E-state index contributed by atoms with van der Waals surface area (Å²) in [6, 6.07) is 23.9. The smallest absolute Gasteiger partial charge is 0.305 e. The van der Waals surface area contributed by atoms with Crippen molar-refractivity contribution in [3.8, 4) is 5.75 Å². The third kappa shape index (κ3) is 11.3. The number of carbonyl (C=O) groups is 2. The lowest BCUT2D eigenvalue weighted by molar-refractivity contribution is -0.141. The number of unbranched alkanes of at least 4 members (excludes halogenated alkanes) is 3. The number of esters is 1. The van der Waals surface area contributed by atoms with Crippen molar-refractivity contribution in [1.82, 2.24) is 10.3 Å². The van der Waals surface area contributed by atoms with Crippen LogP contribution in [-0.4, -0.2) is 30.0 Å². The van der Waals surface area contributed by atoms with E-state index in [0.717, 1.165) is 49.1 Å². The monoisotopic (exact) mass is 502 g/mol. The maximum absolute atomic E-state index is 12.6. The van der Waals surface area contributed by atoms with Gasteiger partial charge < -0.3 is 14.8 Å². The zero-order valence-corrected chi connectivity index (χ0v) is 21.7. The second-order valence-corrected chi connectivity index (χ2v) is 9.24. The molecule has 6 heteroatoms. The Labute approximate surface area is 220 Å². The molecule has 0 aliphatic rings.